The van der Waals surface area contributed by atoms with E-state index in [2.05, 4.69) is 16.2 Å². The average molecular weight is 456 g/mol. The van der Waals surface area contributed by atoms with Crippen molar-refractivity contribution in [3.8, 4) is 11.5 Å². The van der Waals surface area contributed by atoms with Crippen molar-refractivity contribution in [1.82, 2.24) is 16.2 Å². The Labute approximate surface area is 195 Å². The average Bonchev–Trinajstić information content (AvgIpc) is 2.78. The molecule has 0 fully saturated rings. The van der Waals surface area contributed by atoms with E-state index in [4.69, 9.17) is 9.47 Å². The maximum atomic E-state index is 12.8. The van der Waals surface area contributed by atoms with E-state index in [-0.39, 0.29) is 5.92 Å². The van der Waals surface area contributed by atoms with E-state index >= 15 is 0 Å². The Morgan fingerprint density at radius 3 is 2.18 bits per heavy atom. The lowest BCUT2D eigenvalue weighted by Crippen LogP contribution is -2.56. The summed E-state index contributed by atoms with van der Waals surface area (Å²) in [4.78, 5) is 38.0. The zero-order valence-electron chi connectivity index (χ0n) is 20.0. The fraction of sp³-hybridized carbons (Fsp3) is 0.400. The van der Waals surface area contributed by atoms with E-state index in [0.717, 1.165) is 11.1 Å². The molecule has 33 heavy (non-hydrogen) atoms. The minimum absolute atomic E-state index is 0.228. The van der Waals surface area contributed by atoms with Gasteiger partial charge in [0, 0.05) is 0 Å². The van der Waals surface area contributed by atoms with Crippen LogP contribution in [0.15, 0.2) is 42.5 Å². The van der Waals surface area contributed by atoms with Gasteiger partial charge in [0.15, 0.2) is 6.10 Å². The van der Waals surface area contributed by atoms with Gasteiger partial charge in [0.2, 0.25) is 0 Å². The second-order valence-corrected chi connectivity index (χ2v) is 8.06. The fourth-order valence-corrected chi connectivity index (χ4v) is 3.09. The third-order valence-electron chi connectivity index (χ3n) is 5.20. The van der Waals surface area contributed by atoms with Crippen LogP contribution in [0.5, 0.6) is 11.5 Å². The minimum atomic E-state index is -0.872. The van der Waals surface area contributed by atoms with Gasteiger partial charge in [-0.2, -0.15) is 0 Å². The Morgan fingerprint density at radius 2 is 1.52 bits per heavy atom. The molecular formula is C25H33N3O5. The number of rotatable bonds is 9. The molecule has 2 atom stereocenters. The SMILES string of the molecule is CCOc1ccccc1C(=O)NC(C(=O)NNC(=O)C(C)Oc1cccc(C)c1C)C(C)C. The molecule has 0 heterocycles. The molecule has 0 radical (unpaired) electrons. The highest BCUT2D eigenvalue weighted by Crippen LogP contribution is 2.22. The van der Waals surface area contributed by atoms with E-state index in [1.54, 1.807) is 51.1 Å². The van der Waals surface area contributed by atoms with E-state index in [1.807, 2.05) is 32.9 Å². The second kappa shape index (κ2) is 11.9. The summed E-state index contributed by atoms with van der Waals surface area (Å²) in [5.41, 5.74) is 7.09. The van der Waals surface area contributed by atoms with E-state index in [1.165, 1.54) is 0 Å². The molecule has 178 valence electrons. The van der Waals surface area contributed by atoms with Gasteiger partial charge in [-0.1, -0.05) is 38.1 Å². The quantitative estimate of drug-likeness (QED) is 0.504. The van der Waals surface area contributed by atoms with Crippen LogP contribution in [0.25, 0.3) is 0 Å². The van der Waals surface area contributed by atoms with Crippen molar-refractivity contribution in [3.63, 3.8) is 0 Å². The molecule has 0 spiro atoms. The number of aryl methyl sites for hydroxylation is 1. The Balaban J connectivity index is 1.99. The van der Waals surface area contributed by atoms with Gasteiger partial charge in [0.25, 0.3) is 17.7 Å². The van der Waals surface area contributed by atoms with E-state index in [9.17, 15) is 14.4 Å². The van der Waals surface area contributed by atoms with Gasteiger partial charge in [-0.3, -0.25) is 25.2 Å². The summed E-state index contributed by atoms with van der Waals surface area (Å²) in [6.07, 6.45) is -0.837. The van der Waals surface area contributed by atoms with Crippen molar-refractivity contribution in [2.24, 2.45) is 5.92 Å². The van der Waals surface area contributed by atoms with Crippen LogP contribution in [0.3, 0.4) is 0 Å². The Hall–Kier alpha value is -3.55. The summed E-state index contributed by atoms with van der Waals surface area (Å²) in [5.74, 6) is -0.686. The number of carbonyl (C=O) groups excluding carboxylic acids is 3. The van der Waals surface area contributed by atoms with Gasteiger partial charge in [-0.15, -0.1) is 0 Å². The summed E-state index contributed by atoms with van der Waals surface area (Å²) in [6.45, 7) is 11.3. The largest absolute Gasteiger partial charge is 0.493 e. The molecule has 2 rings (SSSR count). The third-order valence-corrected chi connectivity index (χ3v) is 5.20. The molecule has 0 aromatic heterocycles. The lowest BCUT2D eigenvalue weighted by molar-refractivity contribution is -0.133. The zero-order chi connectivity index (χ0) is 24.5. The molecule has 0 bridgehead atoms. The first-order valence-electron chi connectivity index (χ1n) is 11.0. The normalized spacial score (nSPS) is 12.5. The number of carbonyl (C=O) groups is 3. The molecule has 3 amide bonds. The van der Waals surface area contributed by atoms with Crippen LogP contribution in [0, 0.1) is 19.8 Å². The first-order valence-corrected chi connectivity index (χ1v) is 11.0. The molecule has 2 aromatic carbocycles. The van der Waals surface area contributed by atoms with Crippen molar-refractivity contribution >= 4 is 17.7 Å². The second-order valence-electron chi connectivity index (χ2n) is 8.06. The number of amides is 3. The van der Waals surface area contributed by atoms with Crippen LogP contribution in [0.2, 0.25) is 0 Å². The molecule has 0 aliphatic rings. The first kappa shape index (κ1) is 25.7. The number of benzene rings is 2. The topological polar surface area (TPSA) is 106 Å². The number of hydrogen-bond acceptors (Lipinski definition) is 5. The van der Waals surface area contributed by atoms with E-state index in [0.29, 0.717) is 23.7 Å². The summed E-state index contributed by atoms with van der Waals surface area (Å²) >= 11 is 0. The van der Waals surface area contributed by atoms with Gasteiger partial charge in [0.1, 0.15) is 17.5 Å². The monoisotopic (exact) mass is 455 g/mol. The highest BCUT2D eigenvalue weighted by molar-refractivity contribution is 6.00. The molecule has 0 saturated carbocycles. The predicted molar refractivity (Wildman–Crippen MR) is 126 cm³/mol. The molecule has 0 aliphatic carbocycles. The number of para-hydroxylation sites is 1. The number of nitrogens with one attached hydrogen (secondary N) is 3. The van der Waals surface area contributed by atoms with E-state index < -0.39 is 29.9 Å². The van der Waals surface area contributed by atoms with Crippen LogP contribution in [-0.2, 0) is 9.59 Å². The highest BCUT2D eigenvalue weighted by Gasteiger charge is 2.27. The third kappa shape index (κ3) is 6.97. The molecule has 8 nitrogen and oxygen atoms in total. The van der Waals surface area contributed by atoms with Gasteiger partial charge < -0.3 is 14.8 Å². The Kier molecular flexibility index (Phi) is 9.27. The standard InChI is InChI=1S/C25H33N3O5/c1-7-32-21-13-9-8-12-19(21)24(30)26-22(15(2)3)25(31)28-27-23(29)18(6)33-20-14-10-11-16(4)17(20)5/h8-15,18,22H,7H2,1-6H3,(H,26,30)(H,27,29)(H,28,31). The predicted octanol–water partition coefficient (Wildman–Crippen LogP) is 3.07. The maximum Gasteiger partial charge on any atom is 0.279 e. The highest BCUT2D eigenvalue weighted by atomic mass is 16.5. The molecule has 2 unspecified atom stereocenters. The number of hydrogen-bond donors (Lipinski definition) is 3. The summed E-state index contributed by atoms with van der Waals surface area (Å²) in [5, 5.41) is 2.72. The number of ether oxygens (including phenoxy) is 2. The summed E-state index contributed by atoms with van der Waals surface area (Å²) in [6, 6.07) is 11.5. The molecule has 0 saturated heterocycles. The molecular weight excluding hydrogens is 422 g/mol. The summed E-state index contributed by atoms with van der Waals surface area (Å²) in [7, 11) is 0. The lowest BCUT2D eigenvalue weighted by Gasteiger charge is -2.23. The lowest BCUT2D eigenvalue weighted by atomic mass is 10.0. The van der Waals surface area contributed by atoms with Gasteiger partial charge in [-0.25, -0.2) is 0 Å². The molecule has 0 aliphatic heterocycles. The maximum absolute atomic E-state index is 12.8. The van der Waals surface area contributed by atoms with Crippen LogP contribution >= 0.6 is 0 Å². The minimum Gasteiger partial charge on any atom is -0.493 e. The smallest absolute Gasteiger partial charge is 0.279 e. The van der Waals surface area contributed by atoms with Crippen molar-refractivity contribution in [2.75, 3.05) is 6.61 Å². The van der Waals surface area contributed by atoms with Crippen molar-refractivity contribution in [1.29, 1.82) is 0 Å². The van der Waals surface area contributed by atoms with Crippen molar-refractivity contribution in [2.45, 2.75) is 53.7 Å². The molecule has 3 N–H and O–H groups in total. The van der Waals surface area contributed by atoms with Crippen LogP contribution in [0.4, 0.5) is 0 Å². The Morgan fingerprint density at radius 1 is 0.879 bits per heavy atom. The van der Waals surface area contributed by atoms with Gasteiger partial charge in [0.05, 0.1) is 12.2 Å². The molecule has 2 aromatic rings. The van der Waals surface area contributed by atoms with Crippen LogP contribution in [0.1, 0.15) is 49.2 Å². The fourth-order valence-electron chi connectivity index (χ4n) is 3.09. The van der Waals surface area contributed by atoms with Gasteiger partial charge >= 0.3 is 0 Å². The van der Waals surface area contributed by atoms with Crippen LogP contribution in [-0.4, -0.2) is 36.5 Å². The van der Waals surface area contributed by atoms with Crippen LogP contribution < -0.4 is 25.6 Å². The zero-order valence-corrected chi connectivity index (χ0v) is 20.0. The van der Waals surface area contributed by atoms with Crippen molar-refractivity contribution < 1.29 is 23.9 Å². The Bertz CT molecular complexity index is 990. The number of hydrazine groups is 1. The first-order chi connectivity index (χ1) is 15.6. The van der Waals surface area contributed by atoms with Gasteiger partial charge in [-0.05, 0) is 62.9 Å². The van der Waals surface area contributed by atoms with Crippen molar-refractivity contribution in [3.05, 3.63) is 59.2 Å². The molecule has 8 heteroatoms. The summed E-state index contributed by atoms with van der Waals surface area (Å²) < 4.78 is 11.2.